The Bertz CT molecular complexity index is 336. The number of fused-ring (bicyclic) bond motifs is 1. The monoisotopic (exact) mass is 161 g/mol. The first-order valence-corrected chi connectivity index (χ1v) is 3.75. The highest BCUT2D eigenvalue weighted by Crippen LogP contribution is 2.15. The van der Waals surface area contributed by atoms with Crippen LogP contribution in [0.3, 0.4) is 0 Å². The molecule has 0 saturated carbocycles. The van der Waals surface area contributed by atoms with Crippen LogP contribution in [-0.4, -0.2) is 23.8 Å². The Morgan fingerprint density at radius 3 is 3.00 bits per heavy atom. The molecule has 1 unspecified atom stereocenters. The van der Waals surface area contributed by atoms with Crippen molar-refractivity contribution in [2.75, 3.05) is 6.54 Å². The van der Waals surface area contributed by atoms with E-state index in [0.29, 0.717) is 5.71 Å². The van der Waals surface area contributed by atoms with E-state index in [4.69, 9.17) is 0 Å². The van der Waals surface area contributed by atoms with E-state index in [9.17, 15) is 9.59 Å². The molecule has 0 bridgehead atoms. The maximum absolute atomic E-state index is 11.2. The fourth-order valence-electron chi connectivity index (χ4n) is 1.32. The van der Waals surface area contributed by atoms with Crippen LogP contribution in [0.25, 0.3) is 0 Å². The first-order chi connectivity index (χ1) is 5.79. The van der Waals surface area contributed by atoms with Crippen LogP contribution in [0.4, 0.5) is 0 Å². The highest BCUT2D eigenvalue weighted by Gasteiger charge is 2.30. The SMILES string of the molecule is O=C1CN=C2C=CC=CC2C1=O. The lowest BCUT2D eigenvalue weighted by molar-refractivity contribution is -0.136. The molecule has 0 fully saturated rings. The lowest BCUT2D eigenvalue weighted by atomic mass is 9.89. The Balaban J connectivity index is 2.42. The molecule has 1 atom stereocenters. The molecule has 0 radical (unpaired) electrons. The van der Waals surface area contributed by atoms with Gasteiger partial charge in [-0.15, -0.1) is 0 Å². The van der Waals surface area contributed by atoms with E-state index < -0.39 is 5.92 Å². The van der Waals surface area contributed by atoms with Gasteiger partial charge in [-0.25, -0.2) is 0 Å². The molecule has 12 heavy (non-hydrogen) atoms. The predicted molar refractivity (Wildman–Crippen MR) is 44.1 cm³/mol. The molecule has 0 aromatic heterocycles. The Morgan fingerprint density at radius 1 is 1.33 bits per heavy atom. The number of aliphatic imine (C=N–C) groups is 1. The minimum Gasteiger partial charge on any atom is -0.290 e. The number of hydrogen-bond donors (Lipinski definition) is 0. The van der Waals surface area contributed by atoms with Gasteiger partial charge < -0.3 is 0 Å². The zero-order valence-electron chi connectivity index (χ0n) is 6.36. The van der Waals surface area contributed by atoms with Crippen LogP contribution in [0.2, 0.25) is 0 Å². The van der Waals surface area contributed by atoms with Crippen LogP contribution >= 0.6 is 0 Å². The van der Waals surface area contributed by atoms with Crippen LogP contribution in [0, 0.1) is 5.92 Å². The summed E-state index contributed by atoms with van der Waals surface area (Å²) in [5.74, 6) is -1.12. The zero-order valence-corrected chi connectivity index (χ0v) is 6.36. The van der Waals surface area contributed by atoms with Crippen LogP contribution in [0.5, 0.6) is 0 Å². The quantitative estimate of drug-likeness (QED) is 0.480. The third-order valence-corrected chi connectivity index (χ3v) is 1.96. The average Bonchev–Trinajstić information content (AvgIpc) is 2.12. The van der Waals surface area contributed by atoms with E-state index >= 15 is 0 Å². The number of ketones is 2. The van der Waals surface area contributed by atoms with Crippen molar-refractivity contribution >= 4 is 17.3 Å². The second-order valence-corrected chi connectivity index (χ2v) is 2.75. The lowest BCUT2D eigenvalue weighted by Gasteiger charge is -2.17. The molecule has 0 aromatic rings. The number of Topliss-reactive ketones (excluding diaryl/α,β-unsaturated/α-hetero) is 2. The third-order valence-electron chi connectivity index (χ3n) is 1.96. The number of carbonyl (C=O) groups excluding carboxylic acids is 2. The minimum absolute atomic E-state index is 0.0167. The minimum atomic E-state index is -0.406. The largest absolute Gasteiger partial charge is 0.290 e. The normalized spacial score (nSPS) is 27.0. The van der Waals surface area contributed by atoms with Crippen molar-refractivity contribution in [3.63, 3.8) is 0 Å². The molecular weight excluding hydrogens is 154 g/mol. The predicted octanol–water partition coefficient (Wildman–Crippen LogP) is 0.321. The molecule has 1 aliphatic carbocycles. The van der Waals surface area contributed by atoms with Gasteiger partial charge in [0.15, 0.2) is 0 Å². The molecule has 0 saturated heterocycles. The number of hydrogen-bond acceptors (Lipinski definition) is 3. The van der Waals surface area contributed by atoms with Crippen molar-refractivity contribution in [2.45, 2.75) is 0 Å². The second kappa shape index (κ2) is 2.52. The van der Waals surface area contributed by atoms with Crippen molar-refractivity contribution in [1.82, 2.24) is 0 Å². The standard InChI is InChI=1S/C9H7NO2/c11-8-5-10-7-4-2-1-3-6(7)9(8)12/h1-4,6H,5H2. The number of allylic oxidation sites excluding steroid dienone is 4. The maximum atomic E-state index is 11.2. The topological polar surface area (TPSA) is 46.5 Å². The summed E-state index contributed by atoms with van der Waals surface area (Å²) < 4.78 is 0. The third kappa shape index (κ3) is 0.942. The van der Waals surface area contributed by atoms with Crippen molar-refractivity contribution in [1.29, 1.82) is 0 Å². The molecule has 2 aliphatic rings. The van der Waals surface area contributed by atoms with Crippen LogP contribution in [0.15, 0.2) is 29.3 Å². The van der Waals surface area contributed by atoms with Gasteiger partial charge in [0.2, 0.25) is 11.6 Å². The Kier molecular flexibility index (Phi) is 1.50. The molecule has 0 spiro atoms. The van der Waals surface area contributed by atoms with E-state index in [1.165, 1.54) is 0 Å². The van der Waals surface area contributed by atoms with Gasteiger partial charge in [0, 0.05) is 0 Å². The molecule has 0 amide bonds. The maximum Gasteiger partial charge on any atom is 0.220 e. The Morgan fingerprint density at radius 2 is 2.17 bits per heavy atom. The van der Waals surface area contributed by atoms with Crippen LogP contribution < -0.4 is 0 Å². The first-order valence-electron chi connectivity index (χ1n) is 3.75. The zero-order chi connectivity index (χ0) is 8.55. The van der Waals surface area contributed by atoms with Crippen molar-refractivity contribution in [3.8, 4) is 0 Å². The van der Waals surface area contributed by atoms with Crippen LogP contribution in [0.1, 0.15) is 0 Å². The second-order valence-electron chi connectivity index (χ2n) is 2.75. The molecular formula is C9H7NO2. The molecule has 0 N–H and O–H groups in total. The van der Waals surface area contributed by atoms with E-state index in [2.05, 4.69) is 4.99 Å². The number of rotatable bonds is 0. The lowest BCUT2D eigenvalue weighted by Crippen LogP contribution is -2.35. The van der Waals surface area contributed by atoms with Gasteiger partial charge in [-0.05, 0) is 6.08 Å². The van der Waals surface area contributed by atoms with E-state index in [1.807, 2.05) is 6.08 Å². The number of nitrogens with zero attached hydrogens (tertiary/aromatic N) is 1. The Hall–Kier alpha value is -1.51. The smallest absolute Gasteiger partial charge is 0.220 e. The van der Waals surface area contributed by atoms with Gasteiger partial charge in [0.25, 0.3) is 0 Å². The summed E-state index contributed by atoms with van der Waals surface area (Å²) in [5, 5.41) is 0. The highest BCUT2D eigenvalue weighted by atomic mass is 16.2. The fourth-order valence-corrected chi connectivity index (χ4v) is 1.32. The van der Waals surface area contributed by atoms with Gasteiger partial charge in [-0.3, -0.25) is 14.6 Å². The highest BCUT2D eigenvalue weighted by molar-refractivity contribution is 6.45. The summed E-state index contributed by atoms with van der Waals surface area (Å²) in [6, 6.07) is 0. The summed E-state index contributed by atoms with van der Waals surface area (Å²) in [6.45, 7) is 0.0167. The van der Waals surface area contributed by atoms with E-state index in [1.54, 1.807) is 18.2 Å². The molecule has 1 heterocycles. The fraction of sp³-hybridized carbons (Fsp3) is 0.222. The van der Waals surface area contributed by atoms with Gasteiger partial charge in [0.05, 0.1) is 11.6 Å². The summed E-state index contributed by atoms with van der Waals surface area (Å²) in [6.07, 6.45) is 7.06. The summed E-state index contributed by atoms with van der Waals surface area (Å²) in [7, 11) is 0. The van der Waals surface area contributed by atoms with E-state index in [-0.39, 0.29) is 18.1 Å². The number of carbonyl (C=O) groups is 2. The van der Waals surface area contributed by atoms with Gasteiger partial charge >= 0.3 is 0 Å². The van der Waals surface area contributed by atoms with Gasteiger partial charge in [-0.2, -0.15) is 0 Å². The van der Waals surface area contributed by atoms with Crippen molar-refractivity contribution in [3.05, 3.63) is 24.3 Å². The van der Waals surface area contributed by atoms with E-state index in [0.717, 1.165) is 0 Å². The average molecular weight is 161 g/mol. The Labute approximate surface area is 69.5 Å². The summed E-state index contributed by atoms with van der Waals surface area (Å²) in [4.78, 5) is 26.2. The van der Waals surface area contributed by atoms with Crippen molar-refractivity contribution < 1.29 is 9.59 Å². The molecule has 1 aliphatic heterocycles. The van der Waals surface area contributed by atoms with Gasteiger partial charge in [0.1, 0.15) is 6.54 Å². The summed E-state index contributed by atoms with van der Waals surface area (Å²) in [5.41, 5.74) is 0.710. The van der Waals surface area contributed by atoms with Crippen molar-refractivity contribution in [2.24, 2.45) is 10.9 Å². The molecule has 3 heteroatoms. The van der Waals surface area contributed by atoms with Crippen LogP contribution in [-0.2, 0) is 9.59 Å². The van der Waals surface area contributed by atoms with Gasteiger partial charge in [-0.1, -0.05) is 18.2 Å². The first kappa shape index (κ1) is 7.16. The molecule has 3 nitrogen and oxygen atoms in total. The molecule has 2 rings (SSSR count). The summed E-state index contributed by atoms with van der Waals surface area (Å²) >= 11 is 0. The molecule has 60 valence electrons. The molecule has 0 aromatic carbocycles.